The molecule has 0 spiro atoms. The Labute approximate surface area is 152 Å². The first kappa shape index (κ1) is 18.2. The van der Waals surface area contributed by atoms with E-state index in [0.717, 1.165) is 23.8 Å². The third-order valence-corrected chi connectivity index (χ3v) is 3.95. The fourth-order valence-electron chi connectivity index (χ4n) is 2.53. The first-order valence-electron chi connectivity index (χ1n) is 7.88. The quantitative estimate of drug-likeness (QED) is 0.546. The number of benzene rings is 2. The molecular formula is C18H14F2N4O3. The molecule has 0 atom stereocenters. The smallest absolute Gasteiger partial charge is 0.269 e. The highest BCUT2D eigenvalue weighted by Crippen LogP contribution is 2.19. The van der Waals surface area contributed by atoms with Gasteiger partial charge in [-0.2, -0.15) is 5.10 Å². The van der Waals surface area contributed by atoms with E-state index in [1.54, 1.807) is 12.3 Å². The first-order valence-corrected chi connectivity index (χ1v) is 7.88. The second-order valence-corrected chi connectivity index (χ2v) is 5.82. The van der Waals surface area contributed by atoms with Gasteiger partial charge in [-0.1, -0.05) is 12.1 Å². The fraction of sp³-hybridized carbons (Fsp3) is 0.111. The van der Waals surface area contributed by atoms with Crippen LogP contribution in [0.2, 0.25) is 0 Å². The molecule has 7 nitrogen and oxygen atoms in total. The standard InChI is InChI=1S/C18H14F2N4O3/c1-11-5-6-13(24(26)27)9-12(11)10-23-8-7-16(22-23)21-18(25)17-14(19)3-2-4-15(17)20/h2-9H,10H2,1H3,(H,21,22,25). The lowest BCUT2D eigenvalue weighted by Gasteiger charge is -2.07. The van der Waals surface area contributed by atoms with E-state index in [2.05, 4.69) is 10.4 Å². The van der Waals surface area contributed by atoms with E-state index < -0.39 is 28.0 Å². The van der Waals surface area contributed by atoms with Crippen molar-refractivity contribution >= 4 is 17.4 Å². The van der Waals surface area contributed by atoms with Gasteiger partial charge in [0.2, 0.25) is 0 Å². The maximum Gasteiger partial charge on any atom is 0.269 e. The molecule has 3 rings (SSSR count). The lowest BCUT2D eigenvalue weighted by Crippen LogP contribution is -2.16. The van der Waals surface area contributed by atoms with Crippen LogP contribution in [0.3, 0.4) is 0 Å². The highest BCUT2D eigenvalue weighted by atomic mass is 19.1. The van der Waals surface area contributed by atoms with E-state index in [1.807, 2.05) is 6.92 Å². The molecule has 1 amide bonds. The van der Waals surface area contributed by atoms with Gasteiger partial charge in [-0.05, 0) is 30.2 Å². The second kappa shape index (κ2) is 7.32. The number of amides is 1. The maximum absolute atomic E-state index is 13.7. The number of aromatic nitrogens is 2. The molecule has 0 aliphatic carbocycles. The third-order valence-electron chi connectivity index (χ3n) is 3.95. The van der Waals surface area contributed by atoms with Crippen molar-refractivity contribution < 1.29 is 18.5 Å². The van der Waals surface area contributed by atoms with Crippen molar-refractivity contribution in [1.82, 2.24) is 9.78 Å². The Morgan fingerprint density at radius 3 is 2.59 bits per heavy atom. The molecule has 9 heteroatoms. The topological polar surface area (TPSA) is 90.1 Å². The van der Waals surface area contributed by atoms with E-state index in [-0.39, 0.29) is 18.1 Å². The Hall–Kier alpha value is -3.62. The van der Waals surface area contributed by atoms with Crippen LogP contribution in [0.4, 0.5) is 20.3 Å². The van der Waals surface area contributed by atoms with Crippen LogP contribution in [0, 0.1) is 28.7 Å². The number of nitrogens with one attached hydrogen (secondary N) is 1. The summed E-state index contributed by atoms with van der Waals surface area (Å²) in [5.74, 6) is -2.80. The molecule has 0 aliphatic rings. The number of nitrogens with zero attached hydrogens (tertiary/aromatic N) is 3. The molecular weight excluding hydrogens is 358 g/mol. The average Bonchev–Trinajstić information content (AvgIpc) is 3.03. The molecule has 2 aromatic carbocycles. The number of rotatable bonds is 5. The zero-order valence-electron chi connectivity index (χ0n) is 14.1. The number of carbonyl (C=O) groups is 1. The summed E-state index contributed by atoms with van der Waals surface area (Å²) in [6.07, 6.45) is 1.55. The largest absolute Gasteiger partial charge is 0.305 e. The van der Waals surface area contributed by atoms with Crippen LogP contribution < -0.4 is 5.32 Å². The van der Waals surface area contributed by atoms with E-state index in [1.165, 1.54) is 22.9 Å². The molecule has 3 aromatic rings. The van der Waals surface area contributed by atoms with Gasteiger partial charge >= 0.3 is 0 Å². The van der Waals surface area contributed by atoms with Crippen LogP contribution in [0.5, 0.6) is 0 Å². The number of carbonyl (C=O) groups excluding carboxylic acids is 1. The summed E-state index contributed by atoms with van der Waals surface area (Å²) in [6.45, 7) is 2.05. The van der Waals surface area contributed by atoms with Crippen LogP contribution in [-0.2, 0) is 6.54 Å². The molecule has 1 aromatic heterocycles. The number of nitro benzene ring substituents is 1. The summed E-state index contributed by atoms with van der Waals surface area (Å²) in [5, 5.41) is 17.4. The molecule has 27 heavy (non-hydrogen) atoms. The Kier molecular flexibility index (Phi) is 4.93. The van der Waals surface area contributed by atoms with Crippen molar-refractivity contribution in [3.63, 3.8) is 0 Å². The third kappa shape index (κ3) is 3.97. The van der Waals surface area contributed by atoms with Crippen molar-refractivity contribution in [3.05, 3.63) is 87.1 Å². The molecule has 0 aliphatic heterocycles. The Bertz CT molecular complexity index is 1010. The van der Waals surface area contributed by atoms with Gasteiger partial charge < -0.3 is 5.32 Å². The van der Waals surface area contributed by atoms with Gasteiger partial charge in [0.05, 0.1) is 11.5 Å². The monoisotopic (exact) mass is 372 g/mol. The Morgan fingerprint density at radius 2 is 1.93 bits per heavy atom. The predicted octanol–water partition coefficient (Wildman–Crippen LogP) is 3.68. The first-order chi connectivity index (χ1) is 12.8. The SMILES string of the molecule is Cc1ccc([N+](=O)[O-])cc1Cn1ccc(NC(=O)c2c(F)cccc2F)n1. The van der Waals surface area contributed by atoms with Gasteiger partial charge in [-0.25, -0.2) is 8.78 Å². The molecule has 1 heterocycles. The molecule has 0 bridgehead atoms. The summed E-state index contributed by atoms with van der Waals surface area (Å²) < 4.78 is 28.8. The zero-order valence-corrected chi connectivity index (χ0v) is 14.1. The molecule has 1 N–H and O–H groups in total. The summed E-state index contributed by atoms with van der Waals surface area (Å²) in [5.41, 5.74) is 0.799. The van der Waals surface area contributed by atoms with Gasteiger partial charge in [-0.3, -0.25) is 19.6 Å². The van der Waals surface area contributed by atoms with Gasteiger partial charge in [0, 0.05) is 24.4 Å². The number of aryl methyl sites for hydroxylation is 1. The van der Waals surface area contributed by atoms with Crippen molar-refractivity contribution in [2.75, 3.05) is 5.32 Å². The van der Waals surface area contributed by atoms with E-state index in [0.29, 0.717) is 5.56 Å². The number of halogens is 2. The minimum atomic E-state index is -0.973. The van der Waals surface area contributed by atoms with Crippen molar-refractivity contribution in [1.29, 1.82) is 0 Å². The molecule has 0 saturated heterocycles. The number of nitro groups is 1. The Balaban J connectivity index is 1.77. The molecule has 0 radical (unpaired) electrons. The minimum absolute atomic E-state index is 0.0358. The van der Waals surface area contributed by atoms with Gasteiger partial charge in [0.25, 0.3) is 11.6 Å². The van der Waals surface area contributed by atoms with E-state index in [4.69, 9.17) is 0 Å². The van der Waals surface area contributed by atoms with Crippen LogP contribution >= 0.6 is 0 Å². The number of anilines is 1. The summed E-state index contributed by atoms with van der Waals surface area (Å²) >= 11 is 0. The van der Waals surface area contributed by atoms with Gasteiger partial charge in [0.1, 0.15) is 17.2 Å². The second-order valence-electron chi connectivity index (χ2n) is 5.82. The number of hydrogen-bond donors (Lipinski definition) is 1. The molecule has 0 unspecified atom stereocenters. The maximum atomic E-state index is 13.7. The van der Waals surface area contributed by atoms with Crippen molar-refractivity contribution in [2.24, 2.45) is 0 Å². The number of hydrogen-bond acceptors (Lipinski definition) is 4. The predicted molar refractivity (Wildman–Crippen MR) is 93.5 cm³/mol. The molecule has 0 fully saturated rings. The average molecular weight is 372 g/mol. The zero-order chi connectivity index (χ0) is 19.6. The highest BCUT2D eigenvalue weighted by Gasteiger charge is 2.18. The fourth-order valence-corrected chi connectivity index (χ4v) is 2.53. The van der Waals surface area contributed by atoms with Crippen LogP contribution in [0.15, 0.2) is 48.7 Å². The molecule has 0 saturated carbocycles. The lowest BCUT2D eigenvalue weighted by atomic mass is 10.1. The minimum Gasteiger partial charge on any atom is -0.305 e. The van der Waals surface area contributed by atoms with Crippen LogP contribution in [0.25, 0.3) is 0 Å². The van der Waals surface area contributed by atoms with Gasteiger partial charge in [-0.15, -0.1) is 0 Å². The van der Waals surface area contributed by atoms with Crippen LogP contribution in [0.1, 0.15) is 21.5 Å². The Morgan fingerprint density at radius 1 is 1.22 bits per heavy atom. The lowest BCUT2D eigenvalue weighted by molar-refractivity contribution is -0.384. The highest BCUT2D eigenvalue weighted by molar-refractivity contribution is 6.04. The van der Waals surface area contributed by atoms with Crippen LogP contribution in [-0.4, -0.2) is 20.6 Å². The number of non-ortho nitro benzene ring substituents is 1. The normalized spacial score (nSPS) is 10.6. The van der Waals surface area contributed by atoms with Crippen molar-refractivity contribution in [2.45, 2.75) is 13.5 Å². The van der Waals surface area contributed by atoms with E-state index >= 15 is 0 Å². The van der Waals surface area contributed by atoms with Gasteiger partial charge in [0.15, 0.2) is 5.82 Å². The summed E-state index contributed by atoms with van der Waals surface area (Å²) in [4.78, 5) is 22.5. The molecule has 138 valence electrons. The summed E-state index contributed by atoms with van der Waals surface area (Å²) in [7, 11) is 0. The van der Waals surface area contributed by atoms with Crippen molar-refractivity contribution in [3.8, 4) is 0 Å². The summed E-state index contributed by atoms with van der Waals surface area (Å²) in [6, 6.07) is 9.10. The van der Waals surface area contributed by atoms with E-state index in [9.17, 15) is 23.7 Å².